The summed E-state index contributed by atoms with van der Waals surface area (Å²) in [4.78, 5) is 25.7. The lowest BCUT2D eigenvalue weighted by Crippen LogP contribution is -2.45. The van der Waals surface area contributed by atoms with Crippen LogP contribution in [-0.4, -0.2) is 41.9 Å². The van der Waals surface area contributed by atoms with E-state index < -0.39 is 23.7 Å². The maximum atomic E-state index is 12.2. The van der Waals surface area contributed by atoms with Crippen LogP contribution < -0.4 is 0 Å². The Morgan fingerprint density at radius 1 is 1.30 bits per heavy atom. The van der Waals surface area contributed by atoms with Crippen molar-refractivity contribution in [2.45, 2.75) is 58.1 Å². The molecule has 0 aromatic heterocycles. The van der Waals surface area contributed by atoms with Gasteiger partial charge in [-0.1, -0.05) is 12.8 Å². The summed E-state index contributed by atoms with van der Waals surface area (Å²) in [6, 6.07) is -0.539. The molecule has 20 heavy (non-hydrogen) atoms. The second-order valence-electron chi connectivity index (χ2n) is 6.81. The normalized spacial score (nSPS) is 26.4. The van der Waals surface area contributed by atoms with Crippen molar-refractivity contribution in [2.75, 3.05) is 6.54 Å². The van der Waals surface area contributed by atoms with Gasteiger partial charge in [-0.3, -0.25) is 9.32 Å². The Balaban J connectivity index is 2.08. The van der Waals surface area contributed by atoms with Gasteiger partial charge in [0.05, 0.1) is 4.79 Å². The van der Waals surface area contributed by atoms with Gasteiger partial charge in [-0.15, -0.1) is 0 Å². The topological polar surface area (TPSA) is 57.9 Å². The van der Waals surface area contributed by atoms with Gasteiger partial charge in [0.1, 0.15) is 5.60 Å². The number of carbonyl (C=O) groups excluding carboxylic acids is 3. The van der Waals surface area contributed by atoms with Crippen molar-refractivity contribution in [1.29, 1.82) is 0 Å². The molecule has 0 N–H and O–H groups in total. The van der Waals surface area contributed by atoms with Gasteiger partial charge in [0.15, 0.2) is 6.79 Å². The summed E-state index contributed by atoms with van der Waals surface area (Å²) in [7, 11) is 0. The van der Waals surface area contributed by atoms with E-state index in [-0.39, 0.29) is 5.92 Å². The second-order valence-corrected chi connectivity index (χ2v) is 6.81. The molecular formula is C15H24NO4+. The van der Waals surface area contributed by atoms with Crippen molar-refractivity contribution >= 4 is 18.9 Å². The van der Waals surface area contributed by atoms with Gasteiger partial charge in [0, 0.05) is 6.54 Å². The summed E-state index contributed by atoms with van der Waals surface area (Å²) in [5, 5.41) is 0. The molecule has 1 amide bonds. The minimum absolute atomic E-state index is 0.171. The van der Waals surface area contributed by atoms with Gasteiger partial charge >= 0.3 is 12.1 Å². The Morgan fingerprint density at radius 2 is 1.95 bits per heavy atom. The molecule has 2 rings (SSSR count). The minimum atomic E-state index is -0.565. The first-order chi connectivity index (χ1) is 9.31. The Kier molecular flexibility index (Phi) is 4.16. The number of carbonyl (C=O) groups is 2. The fraction of sp³-hybridized carbons (Fsp3) is 0.800. The average molecular weight is 282 g/mol. The SMILES string of the molecule is C=[O+]C(=O)[C@@H]1[C@@H](CC2CC2)CCN1C(=O)OC(C)(C)C. The zero-order valence-electron chi connectivity index (χ0n) is 12.6. The summed E-state index contributed by atoms with van der Waals surface area (Å²) in [5.41, 5.74) is -0.565. The molecule has 0 radical (unpaired) electrons. The molecule has 5 nitrogen and oxygen atoms in total. The predicted octanol–water partition coefficient (Wildman–Crippen LogP) is 2.30. The summed E-state index contributed by atoms with van der Waals surface area (Å²) in [6.45, 7) is 9.20. The third kappa shape index (κ3) is 3.58. The minimum Gasteiger partial charge on any atom is -0.444 e. The van der Waals surface area contributed by atoms with Crippen LogP contribution >= 0.6 is 0 Å². The second kappa shape index (κ2) is 5.54. The fourth-order valence-electron chi connectivity index (χ4n) is 2.82. The van der Waals surface area contributed by atoms with Crippen LogP contribution in [0, 0.1) is 11.8 Å². The third-order valence-electron chi connectivity index (χ3n) is 3.87. The van der Waals surface area contributed by atoms with E-state index in [0.29, 0.717) is 12.5 Å². The Morgan fingerprint density at radius 3 is 2.45 bits per heavy atom. The van der Waals surface area contributed by atoms with E-state index in [4.69, 9.17) is 4.74 Å². The monoisotopic (exact) mass is 282 g/mol. The number of likely N-dealkylation sites (tertiary alicyclic amines) is 1. The lowest BCUT2D eigenvalue weighted by atomic mass is 9.94. The number of hydrogen-bond acceptors (Lipinski definition) is 3. The van der Waals surface area contributed by atoms with Gasteiger partial charge in [-0.05, 0) is 45.4 Å². The maximum absolute atomic E-state index is 12.2. The van der Waals surface area contributed by atoms with E-state index in [2.05, 4.69) is 11.2 Å². The number of ether oxygens (including phenoxy) is 1. The molecule has 0 spiro atoms. The Labute approximate surface area is 120 Å². The van der Waals surface area contributed by atoms with E-state index >= 15 is 0 Å². The van der Waals surface area contributed by atoms with Crippen LogP contribution in [0.3, 0.4) is 0 Å². The zero-order chi connectivity index (χ0) is 14.9. The van der Waals surface area contributed by atoms with Crippen LogP contribution in [0.25, 0.3) is 0 Å². The van der Waals surface area contributed by atoms with Gasteiger partial charge in [0.25, 0.3) is 0 Å². The quantitative estimate of drug-likeness (QED) is 0.746. The highest BCUT2D eigenvalue weighted by atomic mass is 16.6. The molecule has 2 aliphatic rings. The molecule has 0 bridgehead atoms. The molecule has 5 heteroatoms. The first-order valence-corrected chi connectivity index (χ1v) is 7.27. The van der Waals surface area contributed by atoms with Crippen LogP contribution in [0.4, 0.5) is 4.79 Å². The molecule has 1 saturated carbocycles. The van der Waals surface area contributed by atoms with Crippen LogP contribution in [0.5, 0.6) is 0 Å². The predicted molar refractivity (Wildman–Crippen MR) is 74.3 cm³/mol. The highest BCUT2D eigenvalue weighted by molar-refractivity contribution is 5.81. The van der Waals surface area contributed by atoms with Crippen molar-refractivity contribution in [3.63, 3.8) is 0 Å². The Hall–Kier alpha value is -1.39. The van der Waals surface area contributed by atoms with Crippen molar-refractivity contribution in [2.24, 2.45) is 11.8 Å². The van der Waals surface area contributed by atoms with Crippen LogP contribution in [0.2, 0.25) is 0 Å². The molecule has 1 heterocycles. The largest absolute Gasteiger partial charge is 0.602 e. The summed E-state index contributed by atoms with van der Waals surface area (Å²) in [6.07, 6.45) is 3.84. The maximum Gasteiger partial charge on any atom is 0.602 e. The van der Waals surface area contributed by atoms with Crippen LogP contribution in [0.1, 0.15) is 46.5 Å². The van der Waals surface area contributed by atoms with Gasteiger partial charge < -0.3 is 4.74 Å². The lowest BCUT2D eigenvalue weighted by molar-refractivity contribution is -0.373. The fourth-order valence-corrected chi connectivity index (χ4v) is 2.82. The van der Waals surface area contributed by atoms with E-state index in [1.54, 1.807) is 0 Å². The molecular weight excluding hydrogens is 258 g/mol. The molecule has 0 aromatic rings. The first-order valence-electron chi connectivity index (χ1n) is 7.27. The van der Waals surface area contributed by atoms with E-state index in [1.165, 1.54) is 17.7 Å². The van der Waals surface area contributed by atoms with E-state index in [1.807, 2.05) is 20.8 Å². The van der Waals surface area contributed by atoms with Gasteiger partial charge in [-0.25, -0.2) is 4.79 Å². The average Bonchev–Trinajstić information content (AvgIpc) is 3.04. The summed E-state index contributed by atoms with van der Waals surface area (Å²) >= 11 is 0. The van der Waals surface area contributed by atoms with Crippen molar-refractivity contribution in [3.8, 4) is 0 Å². The molecule has 0 aromatic carbocycles. The first kappa shape index (κ1) is 15.0. The Bertz CT molecular complexity index is 409. The molecule has 0 unspecified atom stereocenters. The summed E-state index contributed by atoms with van der Waals surface area (Å²) in [5.74, 6) is 0.446. The highest BCUT2D eigenvalue weighted by Crippen LogP contribution is 2.40. The molecule has 2 atom stereocenters. The van der Waals surface area contributed by atoms with Crippen molar-refractivity contribution in [1.82, 2.24) is 4.90 Å². The van der Waals surface area contributed by atoms with E-state index in [9.17, 15) is 9.59 Å². The van der Waals surface area contributed by atoms with Crippen LogP contribution in [0.15, 0.2) is 0 Å². The van der Waals surface area contributed by atoms with Crippen molar-refractivity contribution < 1.29 is 18.8 Å². The third-order valence-corrected chi connectivity index (χ3v) is 3.87. The van der Waals surface area contributed by atoms with E-state index in [0.717, 1.165) is 12.8 Å². The lowest BCUT2D eigenvalue weighted by Gasteiger charge is -2.26. The highest BCUT2D eigenvalue weighted by Gasteiger charge is 2.50. The number of nitrogens with zero attached hydrogens (tertiary/aromatic N) is 1. The van der Waals surface area contributed by atoms with Gasteiger partial charge in [0.2, 0.25) is 6.04 Å². The van der Waals surface area contributed by atoms with Gasteiger partial charge in [-0.2, -0.15) is 0 Å². The molecule has 1 saturated heterocycles. The standard InChI is InChI=1S/C15H24NO4/c1-15(2,3)20-14(18)16-8-7-11(9-10-5-6-10)12(16)13(17)19-4/h10-12H,4-9H2,1-3H3/q+1/t11-,12+/m1/s1. The molecule has 1 aliphatic heterocycles. The number of rotatable bonds is 3. The number of amides is 1. The number of hydrogen-bond donors (Lipinski definition) is 0. The molecule has 1 aliphatic carbocycles. The van der Waals surface area contributed by atoms with Crippen LogP contribution in [-0.2, 0) is 14.0 Å². The smallest absolute Gasteiger partial charge is 0.444 e. The molecule has 2 fully saturated rings. The van der Waals surface area contributed by atoms with Crippen molar-refractivity contribution in [3.05, 3.63) is 0 Å². The summed E-state index contributed by atoms with van der Waals surface area (Å²) < 4.78 is 10.0. The zero-order valence-corrected chi connectivity index (χ0v) is 12.6. The molecule has 112 valence electrons.